The van der Waals surface area contributed by atoms with Gasteiger partial charge in [-0.15, -0.1) is 4.37 Å². The molecular weight excluding hydrogens is 406 g/mol. The monoisotopic (exact) mass is 441 g/mol. The molecule has 0 spiro atoms. The third kappa shape index (κ3) is 6.75. The maximum atomic E-state index is 12.3. The minimum absolute atomic E-state index is 0.121. The number of likely N-dealkylation sites (N-methyl/N-ethyl adjacent to an activating group) is 1. The number of rotatable bonds is 12. The fourth-order valence-electron chi connectivity index (χ4n) is 3.44. The number of carbonyl (C=O) groups is 2. The Morgan fingerprint density at radius 3 is 2.80 bits per heavy atom. The maximum absolute atomic E-state index is 12.3. The Balaban J connectivity index is 1.99. The number of primary amides is 1. The smallest absolute Gasteiger partial charge is 0.369 e. The van der Waals surface area contributed by atoms with Crippen molar-refractivity contribution in [3.8, 4) is 5.88 Å². The number of nitrogens with two attached hydrogens (primary N) is 1. The second kappa shape index (κ2) is 11.4. The van der Waals surface area contributed by atoms with Gasteiger partial charge < -0.3 is 20.9 Å². The summed E-state index contributed by atoms with van der Waals surface area (Å²) in [6.45, 7) is 6.14. The molecule has 9 nitrogen and oxygen atoms in total. The van der Waals surface area contributed by atoms with Crippen LogP contribution in [0.25, 0.3) is 5.57 Å². The van der Waals surface area contributed by atoms with Gasteiger partial charge in [-0.25, -0.2) is 4.79 Å². The summed E-state index contributed by atoms with van der Waals surface area (Å²) >= 11 is 1.15. The van der Waals surface area contributed by atoms with Crippen LogP contribution in [0.5, 0.6) is 5.88 Å². The topological polar surface area (TPSA) is 132 Å². The number of unbranched alkanes of at least 4 members (excludes halogenated alkanes) is 3. The van der Waals surface area contributed by atoms with E-state index >= 15 is 0 Å². The van der Waals surface area contributed by atoms with Crippen molar-refractivity contribution in [1.29, 1.82) is 0 Å². The molecule has 0 aromatic carbocycles. The minimum Gasteiger partial charge on any atom is -0.475 e. The molecule has 10 heteroatoms. The minimum atomic E-state index is -0.799. The quantitative estimate of drug-likeness (QED) is 0.284. The van der Waals surface area contributed by atoms with Crippen LogP contribution in [0, 0.1) is 0 Å². The van der Waals surface area contributed by atoms with Crippen molar-refractivity contribution >= 4 is 29.2 Å². The molecule has 30 heavy (non-hydrogen) atoms. The highest BCUT2D eigenvalue weighted by Crippen LogP contribution is 2.31. The van der Waals surface area contributed by atoms with Crippen LogP contribution >= 0.6 is 11.7 Å². The highest BCUT2D eigenvalue weighted by atomic mass is 32.1. The van der Waals surface area contributed by atoms with Crippen molar-refractivity contribution in [2.75, 3.05) is 26.7 Å². The molecule has 0 saturated heterocycles. The molecule has 5 N–H and O–H groups in total. The van der Waals surface area contributed by atoms with Gasteiger partial charge in [0.05, 0.1) is 38.3 Å². The van der Waals surface area contributed by atoms with Gasteiger partial charge in [-0.05, 0) is 6.42 Å². The molecular formula is C20H35N5O4S+2. The number of quaternary nitrogens is 2. The normalized spacial score (nSPS) is 20.9. The largest absolute Gasteiger partial charge is 0.475 e. The first-order valence-electron chi connectivity index (χ1n) is 10.6. The van der Waals surface area contributed by atoms with Gasteiger partial charge in [-0.1, -0.05) is 32.3 Å². The number of carbonyl (C=O) groups excluding carboxylic acids is 2. The van der Waals surface area contributed by atoms with E-state index in [-0.39, 0.29) is 6.42 Å². The lowest BCUT2D eigenvalue weighted by Crippen LogP contribution is -2.67. The molecule has 0 aliphatic carbocycles. The molecule has 1 aliphatic rings. The van der Waals surface area contributed by atoms with Crippen molar-refractivity contribution in [2.45, 2.75) is 64.6 Å². The molecule has 0 radical (unpaired) electrons. The first-order valence-corrected chi connectivity index (χ1v) is 11.3. The Morgan fingerprint density at radius 2 is 2.10 bits per heavy atom. The zero-order chi connectivity index (χ0) is 22.1. The molecule has 0 saturated carbocycles. The van der Waals surface area contributed by atoms with Crippen LogP contribution < -0.4 is 16.2 Å². The van der Waals surface area contributed by atoms with E-state index in [1.165, 1.54) is 12.8 Å². The molecule has 1 amide bonds. The lowest BCUT2D eigenvalue weighted by molar-refractivity contribution is -0.944. The van der Waals surface area contributed by atoms with Crippen LogP contribution in [0.2, 0.25) is 0 Å². The van der Waals surface area contributed by atoms with Crippen molar-refractivity contribution in [3.05, 3.63) is 11.8 Å². The Kier molecular flexibility index (Phi) is 9.19. The van der Waals surface area contributed by atoms with Crippen LogP contribution in [0.4, 0.5) is 0 Å². The number of ether oxygens (including phenoxy) is 2. The first-order chi connectivity index (χ1) is 14.3. The Labute approximate surface area is 182 Å². The fourth-order valence-corrected chi connectivity index (χ4v) is 3.97. The molecule has 1 unspecified atom stereocenters. The molecule has 3 atom stereocenters. The molecule has 168 valence electrons. The van der Waals surface area contributed by atoms with Crippen molar-refractivity contribution < 1.29 is 29.3 Å². The zero-order valence-electron chi connectivity index (χ0n) is 18.3. The van der Waals surface area contributed by atoms with Gasteiger partial charge in [-0.2, -0.15) is 4.37 Å². The standard InChI is InChI=1S/C20H33N5O4S/c1-4-5-6-7-11-28-19-18(23-30-24-19)15-9-8-10-25(3,13-15)14(2)29-20(27)16(21)12-17(22)26/h9,14,16H,4-8,10-13,21H2,1-3H3,(H-,22,26)/p+2/t14-,16-,25?/m0/s1. The summed E-state index contributed by atoms with van der Waals surface area (Å²) in [7, 11) is 2.04. The number of hydrogen-bond donors (Lipinski definition) is 2. The predicted octanol–water partition coefficient (Wildman–Crippen LogP) is 1.11. The summed E-state index contributed by atoms with van der Waals surface area (Å²) in [5.41, 5.74) is 10.7. The molecule has 0 fully saturated rings. The molecule has 1 aromatic rings. The zero-order valence-corrected chi connectivity index (χ0v) is 19.1. The van der Waals surface area contributed by atoms with E-state index in [9.17, 15) is 9.59 Å². The maximum Gasteiger partial charge on any atom is 0.369 e. The summed E-state index contributed by atoms with van der Waals surface area (Å²) in [6, 6.07) is -0.799. The lowest BCUT2D eigenvalue weighted by atomic mass is 10.0. The highest BCUT2D eigenvalue weighted by molar-refractivity contribution is 6.99. The van der Waals surface area contributed by atoms with Crippen LogP contribution in [-0.4, -0.2) is 64.1 Å². The van der Waals surface area contributed by atoms with Crippen molar-refractivity contribution in [3.63, 3.8) is 0 Å². The van der Waals surface area contributed by atoms with E-state index in [2.05, 4.69) is 27.5 Å². The van der Waals surface area contributed by atoms with Crippen LogP contribution in [0.15, 0.2) is 6.08 Å². The summed E-state index contributed by atoms with van der Waals surface area (Å²) in [6.07, 6.45) is 7.01. The fraction of sp³-hybridized carbons (Fsp3) is 0.700. The summed E-state index contributed by atoms with van der Waals surface area (Å²) in [4.78, 5) is 23.3. The van der Waals surface area contributed by atoms with E-state index in [1.54, 1.807) is 0 Å². The van der Waals surface area contributed by atoms with Crippen LogP contribution in [-0.2, 0) is 14.3 Å². The first kappa shape index (κ1) is 24.2. The average molecular weight is 442 g/mol. The van der Waals surface area contributed by atoms with E-state index in [1.807, 2.05) is 14.0 Å². The second-order valence-electron chi connectivity index (χ2n) is 8.11. The number of hydrogen-bond acceptors (Lipinski definition) is 7. The Bertz CT molecular complexity index is 753. The SMILES string of the molecule is CCCCCCOc1nsnc1C1=CCC[N+](C)([C@H](C)OC(=O)[C@@H]([NH3+])CC(N)=O)C1. The van der Waals surface area contributed by atoms with E-state index < -0.39 is 24.1 Å². The third-order valence-electron chi connectivity index (χ3n) is 5.51. The highest BCUT2D eigenvalue weighted by Gasteiger charge is 2.38. The third-order valence-corrected chi connectivity index (χ3v) is 6.02. The number of amides is 1. The van der Waals surface area contributed by atoms with Gasteiger partial charge in [-0.3, -0.25) is 9.28 Å². The number of esters is 1. The Hall–Kier alpha value is -2.04. The van der Waals surface area contributed by atoms with E-state index in [0.717, 1.165) is 48.8 Å². The van der Waals surface area contributed by atoms with E-state index in [4.69, 9.17) is 15.2 Å². The molecule has 1 aromatic heterocycles. The lowest BCUT2D eigenvalue weighted by Gasteiger charge is -2.41. The molecule has 1 aliphatic heterocycles. The van der Waals surface area contributed by atoms with Gasteiger partial charge in [0.15, 0.2) is 6.04 Å². The Morgan fingerprint density at radius 1 is 1.33 bits per heavy atom. The van der Waals surface area contributed by atoms with Crippen LogP contribution in [0.1, 0.15) is 58.1 Å². The number of aromatic nitrogens is 2. The van der Waals surface area contributed by atoms with Crippen LogP contribution in [0.3, 0.4) is 0 Å². The van der Waals surface area contributed by atoms with Gasteiger partial charge >= 0.3 is 5.97 Å². The van der Waals surface area contributed by atoms with Gasteiger partial charge in [0.1, 0.15) is 12.2 Å². The second-order valence-corrected chi connectivity index (χ2v) is 8.64. The van der Waals surface area contributed by atoms with Gasteiger partial charge in [0, 0.05) is 18.9 Å². The molecule has 2 heterocycles. The average Bonchev–Trinajstić information content (AvgIpc) is 3.16. The summed E-state index contributed by atoms with van der Waals surface area (Å²) < 4.78 is 20.8. The molecule has 2 rings (SSSR count). The summed E-state index contributed by atoms with van der Waals surface area (Å²) in [5, 5.41) is 0. The molecule has 0 bridgehead atoms. The predicted molar refractivity (Wildman–Crippen MR) is 114 cm³/mol. The van der Waals surface area contributed by atoms with Crippen molar-refractivity contribution in [1.82, 2.24) is 8.75 Å². The summed E-state index contributed by atoms with van der Waals surface area (Å²) in [5.74, 6) is -0.496. The van der Waals surface area contributed by atoms with Gasteiger partial charge in [0.25, 0.3) is 5.88 Å². The van der Waals surface area contributed by atoms with E-state index in [0.29, 0.717) is 23.5 Å². The van der Waals surface area contributed by atoms with Gasteiger partial charge in [0.2, 0.25) is 12.1 Å². The van der Waals surface area contributed by atoms with Crippen molar-refractivity contribution in [2.24, 2.45) is 5.73 Å². The number of nitrogens with zero attached hydrogens (tertiary/aromatic N) is 3.